The van der Waals surface area contributed by atoms with E-state index in [-0.39, 0.29) is 29.6 Å². The first-order valence-electron chi connectivity index (χ1n) is 15.8. The average Bonchev–Trinajstić information content (AvgIpc) is 3.37. The van der Waals surface area contributed by atoms with E-state index in [1.165, 1.54) is 0 Å². The van der Waals surface area contributed by atoms with Crippen LogP contribution in [0.25, 0.3) is 0 Å². The SMILES string of the molecule is CC(C)COCC(COCC(C)C)NC(=O)CCCCCn1cc(CCCC(=O)NCCOCCC(=O)C(C)C)nn1. The highest BCUT2D eigenvalue weighted by atomic mass is 16.5. The summed E-state index contributed by atoms with van der Waals surface area (Å²) in [7, 11) is 0. The Morgan fingerprint density at radius 1 is 0.786 bits per heavy atom. The Balaban J connectivity index is 2.15. The second kappa shape index (κ2) is 23.1. The van der Waals surface area contributed by atoms with Crippen molar-refractivity contribution in [3.63, 3.8) is 0 Å². The molecular weight excluding hydrogens is 538 g/mol. The van der Waals surface area contributed by atoms with Gasteiger partial charge in [-0.25, -0.2) is 0 Å². The van der Waals surface area contributed by atoms with Crippen molar-refractivity contribution in [1.82, 2.24) is 25.6 Å². The number of aromatic nitrogens is 3. The summed E-state index contributed by atoms with van der Waals surface area (Å²) in [5.41, 5.74) is 0.866. The Morgan fingerprint density at radius 3 is 2.10 bits per heavy atom. The van der Waals surface area contributed by atoms with Crippen LogP contribution in [0.15, 0.2) is 6.20 Å². The van der Waals surface area contributed by atoms with Crippen LogP contribution in [0.3, 0.4) is 0 Å². The Hall–Kier alpha value is -2.37. The number of hydrogen-bond acceptors (Lipinski definition) is 8. The van der Waals surface area contributed by atoms with Gasteiger partial charge in [-0.15, -0.1) is 5.10 Å². The topological polar surface area (TPSA) is 134 Å². The maximum absolute atomic E-state index is 12.5. The van der Waals surface area contributed by atoms with Crippen molar-refractivity contribution in [2.24, 2.45) is 17.8 Å². The molecular formula is C31H57N5O6. The highest BCUT2D eigenvalue weighted by molar-refractivity contribution is 5.80. The standard InChI is InChI=1S/C31H57N5O6/c1-24(2)20-41-22-28(23-42-21-25(3)4)33-31(39)12-8-7-9-16-36-19-27(34-35-36)11-10-13-30(38)32-15-18-40-17-14-29(37)26(5)6/h19,24-26,28H,7-18,20-23H2,1-6H3,(H,32,38)(H,33,39). The maximum atomic E-state index is 12.5. The van der Waals surface area contributed by atoms with Crippen molar-refractivity contribution in [1.29, 1.82) is 0 Å². The van der Waals surface area contributed by atoms with Gasteiger partial charge in [0, 0.05) is 57.7 Å². The summed E-state index contributed by atoms with van der Waals surface area (Å²) in [6.45, 7) is 16.4. The molecule has 0 aromatic carbocycles. The van der Waals surface area contributed by atoms with Crippen LogP contribution < -0.4 is 10.6 Å². The number of hydrogen-bond donors (Lipinski definition) is 2. The molecule has 0 radical (unpaired) electrons. The van der Waals surface area contributed by atoms with E-state index < -0.39 is 0 Å². The first kappa shape index (κ1) is 37.7. The number of ether oxygens (including phenoxy) is 3. The van der Waals surface area contributed by atoms with Crippen molar-refractivity contribution in [3.8, 4) is 0 Å². The zero-order valence-corrected chi connectivity index (χ0v) is 27.0. The van der Waals surface area contributed by atoms with E-state index in [4.69, 9.17) is 14.2 Å². The third-order valence-electron chi connectivity index (χ3n) is 6.32. The summed E-state index contributed by atoms with van der Waals surface area (Å²) in [5, 5.41) is 14.3. The predicted molar refractivity (Wildman–Crippen MR) is 163 cm³/mol. The average molecular weight is 596 g/mol. The summed E-state index contributed by atoms with van der Waals surface area (Å²) < 4.78 is 18.7. The van der Waals surface area contributed by atoms with E-state index in [1.54, 1.807) is 0 Å². The molecule has 1 aromatic heterocycles. The number of carbonyl (C=O) groups excluding carboxylic acids is 3. The minimum atomic E-state index is -0.138. The van der Waals surface area contributed by atoms with Crippen LogP contribution in [0.5, 0.6) is 0 Å². The second-order valence-electron chi connectivity index (χ2n) is 12.1. The Morgan fingerprint density at radius 2 is 1.45 bits per heavy atom. The van der Waals surface area contributed by atoms with Crippen LogP contribution in [0, 0.1) is 17.8 Å². The maximum Gasteiger partial charge on any atom is 0.220 e. The Labute approximate surface area is 253 Å². The molecule has 0 aliphatic heterocycles. The van der Waals surface area contributed by atoms with Crippen LogP contribution in [0.4, 0.5) is 0 Å². The molecule has 0 aliphatic carbocycles. The molecule has 0 aliphatic rings. The molecule has 0 atom stereocenters. The van der Waals surface area contributed by atoms with Gasteiger partial charge in [0.25, 0.3) is 0 Å². The van der Waals surface area contributed by atoms with Crippen LogP contribution >= 0.6 is 0 Å². The van der Waals surface area contributed by atoms with Crippen molar-refractivity contribution < 1.29 is 28.6 Å². The van der Waals surface area contributed by atoms with Gasteiger partial charge < -0.3 is 24.8 Å². The summed E-state index contributed by atoms with van der Waals surface area (Å²) in [6.07, 6.45) is 7.22. The largest absolute Gasteiger partial charge is 0.379 e. The monoisotopic (exact) mass is 595 g/mol. The van der Waals surface area contributed by atoms with Gasteiger partial charge >= 0.3 is 0 Å². The molecule has 0 saturated carbocycles. The summed E-state index contributed by atoms with van der Waals surface area (Å²) in [5.74, 6) is 1.11. The van der Waals surface area contributed by atoms with Crippen molar-refractivity contribution in [2.45, 2.75) is 105 Å². The second-order valence-corrected chi connectivity index (χ2v) is 12.1. The number of nitrogens with one attached hydrogen (secondary N) is 2. The third kappa shape index (κ3) is 20.5. The number of unbranched alkanes of at least 4 members (excludes halogenated alkanes) is 2. The fourth-order valence-corrected chi connectivity index (χ4v) is 3.97. The van der Waals surface area contributed by atoms with E-state index >= 15 is 0 Å². The lowest BCUT2D eigenvalue weighted by molar-refractivity contribution is -0.124. The molecule has 2 N–H and O–H groups in total. The van der Waals surface area contributed by atoms with Gasteiger partial charge in [-0.3, -0.25) is 19.1 Å². The lowest BCUT2D eigenvalue weighted by Crippen LogP contribution is -2.42. The zero-order valence-electron chi connectivity index (χ0n) is 27.0. The van der Waals surface area contributed by atoms with E-state index in [0.29, 0.717) is 90.1 Å². The quantitative estimate of drug-likeness (QED) is 0.155. The fraction of sp³-hybridized carbons (Fsp3) is 0.839. The van der Waals surface area contributed by atoms with E-state index in [2.05, 4.69) is 48.6 Å². The van der Waals surface area contributed by atoms with Gasteiger partial charge in [-0.2, -0.15) is 0 Å². The van der Waals surface area contributed by atoms with Gasteiger partial charge in [-0.1, -0.05) is 53.2 Å². The molecule has 0 saturated heterocycles. The molecule has 11 heteroatoms. The number of carbonyl (C=O) groups is 3. The molecule has 1 aromatic rings. The first-order chi connectivity index (χ1) is 20.1. The van der Waals surface area contributed by atoms with Gasteiger partial charge in [0.05, 0.1) is 38.2 Å². The minimum absolute atomic E-state index is 0.0224. The molecule has 0 unspecified atom stereocenters. The van der Waals surface area contributed by atoms with Crippen LogP contribution in [-0.2, 0) is 41.6 Å². The number of ketones is 1. The lowest BCUT2D eigenvalue weighted by atomic mass is 10.1. The normalized spacial score (nSPS) is 11.7. The van der Waals surface area contributed by atoms with Gasteiger partial charge in [0.15, 0.2) is 0 Å². The zero-order chi connectivity index (χ0) is 31.2. The van der Waals surface area contributed by atoms with E-state index in [9.17, 15) is 14.4 Å². The smallest absolute Gasteiger partial charge is 0.220 e. The first-order valence-corrected chi connectivity index (χ1v) is 15.8. The highest BCUT2D eigenvalue weighted by Gasteiger charge is 2.14. The van der Waals surface area contributed by atoms with Crippen molar-refractivity contribution in [3.05, 3.63) is 11.9 Å². The molecule has 1 rings (SSSR count). The number of Topliss-reactive ketones (excluding diaryl/α,β-unsaturated/α-hetero) is 1. The van der Waals surface area contributed by atoms with E-state index in [0.717, 1.165) is 31.5 Å². The van der Waals surface area contributed by atoms with Crippen LogP contribution in [-0.4, -0.2) is 84.8 Å². The molecule has 242 valence electrons. The van der Waals surface area contributed by atoms with Gasteiger partial charge in [-0.05, 0) is 37.5 Å². The fourth-order valence-electron chi connectivity index (χ4n) is 3.97. The number of aryl methyl sites for hydroxylation is 2. The van der Waals surface area contributed by atoms with Crippen molar-refractivity contribution >= 4 is 17.6 Å². The summed E-state index contributed by atoms with van der Waals surface area (Å²) in [6, 6.07) is -0.138. The summed E-state index contributed by atoms with van der Waals surface area (Å²) >= 11 is 0. The highest BCUT2D eigenvalue weighted by Crippen LogP contribution is 2.06. The van der Waals surface area contributed by atoms with Crippen LogP contribution in [0.1, 0.15) is 92.2 Å². The Kier molecular flexibility index (Phi) is 20.7. The van der Waals surface area contributed by atoms with E-state index in [1.807, 2.05) is 24.7 Å². The van der Waals surface area contributed by atoms with Gasteiger partial charge in [0.1, 0.15) is 5.78 Å². The molecule has 0 fully saturated rings. The molecule has 1 heterocycles. The summed E-state index contributed by atoms with van der Waals surface area (Å²) in [4.78, 5) is 36.0. The molecule has 2 amide bonds. The van der Waals surface area contributed by atoms with Gasteiger partial charge in [0.2, 0.25) is 11.8 Å². The number of amides is 2. The predicted octanol–water partition coefficient (Wildman–Crippen LogP) is 3.74. The minimum Gasteiger partial charge on any atom is -0.379 e. The van der Waals surface area contributed by atoms with Crippen molar-refractivity contribution in [2.75, 3.05) is 46.2 Å². The molecule has 11 nitrogen and oxygen atoms in total. The lowest BCUT2D eigenvalue weighted by Gasteiger charge is -2.20. The number of rotatable bonds is 26. The van der Waals surface area contributed by atoms with Crippen LogP contribution in [0.2, 0.25) is 0 Å². The molecule has 0 bridgehead atoms. The third-order valence-corrected chi connectivity index (χ3v) is 6.32. The Bertz CT molecular complexity index is 860. The molecule has 42 heavy (non-hydrogen) atoms. The molecule has 0 spiro atoms. The number of nitrogens with zero attached hydrogens (tertiary/aromatic N) is 3.